The van der Waals surface area contributed by atoms with Crippen molar-refractivity contribution in [2.75, 3.05) is 11.1 Å². The number of nitrogen functional groups attached to an aromatic ring is 1. The van der Waals surface area contributed by atoms with E-state index in [1.165, 1.54) is 0 Å². The van der Waals surface area contributed by atoms with Crippen LogP contribution in [0.4, 0.5) is 15.9 Å². The standard InChI is InChI=1S/C13H11ClFN3O/c1-7-10(14)3-2-4-11(7)18-13(19)9-5-8(15)6-17-12(9)16/h2-6H,1H3,(H2,16,17)(H,18,19). The molecule has 4 nitrogen and oxygen atoms in total. The first-order valence-corrected chi connectivity index (χ1v) is 5.84. The van der Waals surface area contributed by atoms with Crippen LogP contribution >= 0.6 is 11.6 Å². The Hall–Kier alpha value is -2.14. The summed E-state index contributed by atoms with van der Waals surface area (Å²) in [5.41, 5.74) is 6.80. The van der Waals surface area contributed by atoms with Gasteiger partial charge in [0.25, 0.3) is 5.91 Å². The molecule has 98 valence electrons. The largest absolute Gasteiger partial charge is 0.383 e. The lowest BCUT2D eigenvalue weighted by Crippen LogP contribution is -2.16. The van der Waals surface area contributed by atoms with Crippen LogP contribution in [0.3, 0.4) is 0 Å². The monoisotopic (exact) mass is 279 g/mol. The molecule has 1 aromatic carbocycles. The van der Waals surface area contributed by atoms with Gasteiger partial charge in [-0.05, 0) is 30.7 Å². The van der Waals surface area contributed by atoms with Crippen molar-refractivity contribution in [1.82, 2.24) is 4.98 Å². The van der Waals surface area contributed by atoms with E-state index in [2.05, 4.69) is 10.3 Å². The maximum Gasteiger partial charge on any atom is 0.259 e. The Morgan fingerprint density at radius 3 is 2.95 bits per heavy atom. The van der Waals surface area contributed by atoms with Gasteiger partial charge in [-0.3, -0.25) is 4.79 Å². The van der Waals surface area contributed by atoms with Crippen LogP contribution in [-0.4, -0.2) is 10.9 Å². The second-order valence-corrected chi connectivity index (χ2v) is 4.36. The van der Waals surface area contributed by atoms with Crippen molar-refractivity contribution in [3.05, 3.63) is 52.4 Å². The van der Waals surface area contributed by atoms with E-state index >= 15 is 0 Å². The summed E-state index contributed by atoms with van der Waals surface area (Å²) in [5, 5.41) is 3.16. The molecule has 0 saturated carbocycles. The fraction of sp³-hybridized carbons (Fsp3) is 0.0769. The smallest absolute Gasteiger partial charge is 0.259 e. The number of halogens is 2. The molecule has 0 atom stereocenters. The van der Waals surface area contributed by atoms with Crippen LogP contribution in [0, 0.1) is 12.7 Å². The van der Waals surface area contributed by atoms with Crippen LogP contribution in [0.1, 0.15) is 15.9 Å². The Morgan fingerprint density at radius 1 is 1.47 bits per heavy atom. The fourth-order valence-corrected chi connectivity index (χ4v) is 1.74. The van der Waals surface area contributed by atoms with Crippen molar-refractivity contribution < 1.29 is 9.18 Å². The van der Waals surface area contributed by atoms with Gasteiger partial charge in [0.15, 0.2) is 0 Å². The summed E-state index contributed by atoms with van der Waals surface area (Å²) in [6.07, 6.45) is 0.955. The van der Waals surface area contributed by atoms with Crippen molar-refractivity contribution >= 4 is 29.0 Å². The summed E-state index contributed by atoms with van der Waals surface area (Å²) in [4.78, 5) is 15.6. The van der Waals surface area contributed by atoms with Crippen molar-refractivity contribution in [3.8, 4) is 0 Å². The number of carbonyl (C=O) groups is 1. The third kappa shape index (κ3) is 2.82. The summed E-state index contributed by atoms with van der Waals surface area (Å²) in [7, 11) is 0. The van der Waals surface area contributed by atoms with E-state index in [0.29, 0.717) is 10.7 Å². The minimum atomic E-state index is -0.623. The maximum atomic E-state index is 13.1. The third-order valence-corrected chi connectivity index (χ3v) is 3.06. The van der Waals surface area contributed by atoms with Gasteiger partial charge in [-0.2, -0.15) is 0 Å². The Bertz CT molecular complexity index is 646. The Morgan fingerprint density at radius 2 is 2.21 bits per heavy atom. The average molecular weight is 280 g/mol. The molecule has 19 heavy (non-hydrogen) atoms. The number of amides is 1. The summed E-state index contributed by atoms with van der Waals surface area (Å²) < 4.78 is 13.1. The van der Waals surface area contributed by atoms with Crippen LogP contribution in [-0.2, 0) is 0 Å². The zero-order valence-corrected chi connectivity index (χ0v) is 10.8. The lowest BCUT2D eigenvalue weighted by molar-refractivity contribution is 0.102. The number of hydrogen-bond acceptors (Lipinski definition) is 3. The van der Waals surface area contributed by atoms with E-state index in [1.54, 1.807) is 25.1 Å². The first-order chi connectivity index (χ1) is 8.99. The Kier molecular flexibility index (Phi) is 3.66. The number of nitrogens with zero attached hydrogens (tertiary/aromatic N) is 1. The van der Waals surface area contributed by atoms with E-state index in [4.69, 9.17) is 17.3 Å². The second kappa shape index (κ2) is 5.24. The van der Waals surface area contributed by atoms with Gasteiger partial charge in [-0.1, -0.05) is 17.7 Å². The van der Waals surface area contributed by atoms with Crippen LogP contribution in [0.15, 0.2) is 30.5 Å². The number of benzene rings is 1. The van der Waals surface area contributed by atoms with Gasteiger partial charge in [-0.25, -0.2) is 9.37 Å². The number of carbonyl (C=O) groups excluding carboxylic acids is 1. The molecule has 2 rings (SSSR count). The van der Waals surface area contributed by atoms with Crippen molar-refractivity contribution in [3.63, 3.8) is 0 Å². The van der Waals surface area contributed by atoms with Gasteiger partial charge in [0.05, 0.1) is 11.8 Å². The topological polar surface area (TPSA) is 68.0 Å². The molecular formula is C13H11ClFN3O. The van der Waals surface area contributed by atoms with E-state index in [1.807, 2.05) is 0 Å². The second-order valence-electron chi connectivity index (χ2n) is 3.95. The highest BCUT2D eigenvalue weighted by atomic mass is 35.5. The van der Waals surface area contributed by atoms with Crippen LogP contribution < -0.4 is 11.1 Å². The minimum absolute atomic E-state index is 0.0145. The lowest BCUT2D eigenvalue weighted by atomic mass is 10.2. The summed E-state index contributed by atoms with van der Waals surface area (Å²) in [6.45, 7) is 1.77. The van der Waals surface area contributed by atoms with Crippen LogP contribution in [0.2, 0.25) is 5.02 Å². The number of hydrogen-bond donors (Lipinski definition) is 2. The van der Waals surface area contributed by atoms with Gasteiger partial charge < -0.3 is 11.1 Å². The van der Waals surface area contributed by atoms with Crippen molar-refractivity contribution in [2.45, 2.75) is 6.92 Å². The zero-order chi connectivity index (χ0) is 14.0. The molecule has 0 radical (unpaired) electrons. The highest BCUT2D eigenvalue weighted by molar-refractivity contribution is 6.31. The summed E-state index contributed by atoms with van der Waals surface area (Å²) in [5.74, 6) is -1.18. The molecule has 6 heteroatoms. The molecule has 2 aromatic rings. The van der Waals surface area contributed by atoms with E-state index in [0.717, 1.165) is 17.8 Å². The normalized spacial score (nSPS) is 10.3. The molecule has 0 bridgehead atoms. The van der Waals surface area contributed by atoms with Gasteiger partial charge in [0, 0.05) is 10.7 Å². The molecule has 0 aliphatic rings. The molecule has 0 unspecified atom stereocenters. The van der Waals surface area contributed by atoms with Gasteiger partial charge in [0.1, 0.15) is 11.6 Å². The molecule has 0 aliphatic heterocycles. The van der Waals surface area contributed by atoms with Gasteiger partial charge in [0.2, 0.25) is 0 Å². The minimum Gasteiger partial charge on any atom is -0.383 e. The first kappa shape index (κ1) is 13.3. The Labute approximate surface area is 114 Å². The predicted molar refractivity (Wildman–Crippen MR) is 72.7 cm³/mol. The highest BCUT2D eigenvalue weighted by Gasteiger charge is 2.13. The van der Waals surface area contributed by atoms with Crippen LogP contribution in [0.5, 0.6) is 0 Å². The van der Waals surface area contributed by atoms with E-state index in [9.17, 15) is 9.18 Å². The number of anilines is 2. The quantitative estimate of drug-likeness (QED) is 0.888. The molecule has 0 saturated heterocycles. The molecule has 0 aliphatic carbocycles. The summed E-state index contributed by atoms with van der Waals surface area (Å²) >= 11 is 5.95. The summed E-state index contributed by atoms with van der Waals surface area (Å²) in [6, 6.07) is 6.16. The number of nitrogens with two attached hydrogens (primary N) is 1. The predicted octanol–water partition coefficient (Wildman–Crippen LogP) is 3.02. The number of rotatable bonds is 2. The van der Waals surface area contributed by atoms with Crippen molar-refractivity contribution in [2.24, 2.45) is 0 Å². The third-order valence-electron chi connectivity index (χ3n) is 2.65. The van der Waals surface area contributed by atoms with Crippen LogP contribution in [0.25, 0.3) is 0 Å². The van der Waals surface area contributed by atoms with Crippen molar-refractivity contribution in [1.29, 1.82) is 0 Å². The average Bonchev–Trinajstić information content (AvgIpc) is 2.38. The van der Waals surface area contributed by atoms with E-state index in [-0.39, 0.29) is 11.4 Å². The molecule has 1 amide bonds. The molecule has 1 aromatic heterocycles. The molecular weight excluding hydrogens is 269 g/mol. The van der Waals surface area contributed by atoms with E-state index < -0.39 is 11.7 Å². The van der Waals surface area contributed by atoms with Gasteiger partial charge in [-0.15, -0.1) is 0 Å². The fourth-order valence-electron chi connectivity index (χ4n) is 1.56. The number of aromatic nitrogens is 1. The lowest BCUT2D eigenvalue weighted by Gasteiger charge is -2.10. The Balaban J connectivity index is 2.31. The number of nitrogens with one attached hydrogen (secondary N) is 1. The molecule has 1 heterocycles. The first-order valence-electron chi connectivity index (χ1n) is 5.46. The van der Waals surface area contributed by atoms with Gasteiger partial charge >= 0.3 is 0 Å². The highest BCUT2D eigenvalue weighted by Crippen LogP contribution is 2.24. The number of pyridine rings is 1. The zero-order valence-electron chi connectivity index (χ0n) is 10.1. The maximum absolute atomic E-state index is 13.1. The molecule has 3 N–H and O–H groups in total. The molecule has 0 spiro atoms. The SMILES string of the molecule is Cc1c(Cl)cccc1NC(=O)c1cc(F)cnc1N. The molecule has 0 fully saturated rings.